The molecule has 70 valence electrons. The lowest BCUT2D eigenvalue weighted by molar-refractivity contribution is 0.783. The minimum absolute atomic E-state index is 0.807. The van der Waals surface area contributed by atoms with Crippen molar-refractivity contribution in [2.75, 3.05) is 0 Å². The fourth-order valence-electron chi connectivity index (χ4n) is 0.647. The molecule has 0 amide bonds. The molecule has 0 N–H and O–H groups in total. The van der Waals surface area contributed by atoms with E-state index >= 15 is 0 Å². The van der Waals surface area contributed by atoms with Crippen molar-refractivity contribution < 1.29 is 0 Å². The Morgan fingerprint density at radius 3 is 1.57 bits per heavy atom. The van der Waals surface area contributed by atoms with E-state index in [-0.39, 0.29) is 0 Å². The molecule has 14 heavy (non-hydrogen) atoms. The largest absolute Gasteiger partial charge is 0.184 e. The van der Waals surface area contributed by atoms with Crippen LogP contribution in [0.15, 0.2) is 0 Å². The standard InChI is InChI=1S/C10H8N2S2/c11-9-13-7-5-3-1-2-4-6-8-14-10-12/h1-4H2. The Morgan fingerprint density at radius 2 is 1.21 bits per heavy atom. The molecular formula is C10H8N2S2. The van der Waals surface area contributed by atoms with Crippen LogP contribution >= 0.6 is 23.5 Å². The minimum Gasteiger partial charge on any atom is -0.184 e. The van der Waals surface area contributed by atoms with Gasteiger partial charge in [0.2, 0.25) is 0 Å². The summed E-state index contributed by atoms with van der Waals surface area (Å²) in [6.45, 7) is 0. The van der Waals surface area contributed by atoms with Crippen molar-refractivity contribution in [2.24, 2.45) is 0 Å². The summed E-state index contributed by atoms with van der Waals surface area (Å²) >= 11 is 1.92. The third-order valence-electron chi connectivity index (χ3n) is 1.19. The van der Waals surface area contributed by atoms with E-state index in [1.807, 2.05) is 10.8 Å². The van der Waals surface area contributed by atoms with Crippen molar-refractivity contribution in [1.82, 2.24) is 0 Å². The van der Waals surface area contributed by atoms with Crippen LogP contribution in [0.5, 0.6) is 0 Å². The third kappa shape index (κ3) is 10.8. The number of unbranched alkanes of at least 4 members (excludes halogenated alkanes) is 3. The molecule has 0 aliphatic rings. The van der Waals surface area contributed by atoms with Gasteiger partial charge in [-0.15, -0.1) is 0 Å². The maximum Gasteiger partial charge on any atom is 0.147 e. The number of nitrogens with zero attached hydrogens (tertiary/aromatic N) is 2. The molecule has 0 radical (unpaired) electrons. The molecule has 0 saturated heterocycles. The van der Waals surface area contributed by atoms with Crippen molar-refractivity contribution in [3.63, 3.8) is 0 Å². The summed E-state index contributed by atoms with van der Waals surface area (Å²) < 4.78 is 0. The Labute approximate surface area is 93.1 Å². The Hall–Kier alpha value is -1.20. The smallest absolute Gasteiger partial charge is 0.147 e. The highest BCUT2D eigenvalue weighted by atomic mass is 32.2. The Bertz CT molecular complexity index is 305. The van der Waals surface area contributed by atoms with Gasteiger partial charge in [-0.2, -0.15) is 10.5 Å². The molecule has 0 unspecified atom stereocenters. The summed E-state index contributed by atoms with van der Waals surface area (Å²) in [7, 11) is 0. The second-order valence-electron chi connectivity index (χ2n) is 2.15. The molecule has 2 nitrogen and oxygen atoms in total. The van der Waals surface area contributed by atoms with Crippen LogP contribution in [0.25, 0.3) is 0 Å². The van der Waals surface area contributed by atoms with E-state index in [2.05, 4.69) is 22.3 Å². The monoisotopic (exact) mass is 220 g/mol. The first-order valence-electron chi connectivity index (χ1n) is 3.97. The van der Waals surface area contributed by atoms with Crippen LogP contribution in [0.2, 0.25) is 0 Å². The molecule has 0 spiro atoms. The second-order valence-corrected chi connectivity index (χ2v) is 3.33. The summed E-state index contributed by atoms with van der Waals surface area (Å²) in [5.41, 5.74) is 0. The van der Waals surface area contributed by atoms with Crippen LogP contribution in [0.4, 0.5) is 0 Å². The molecule has 0 fully saturated rings. The van der Waals surface area contributed by atoms with E-state index in [1.54, 1.807) is 0 Å². The van der Waals surface area contributed by atoms with Crippen LogP contribution < -0.4 is 0 Å². The highest BCUT2D eigenvalue weighted by Crippen LogP contribution is 2.00. The van der Waals surface area contributed by atoms with Crippen LogP contribution in [-0.2, 0) is 0 Å². The topological polar surface area (TPSA) is 47.6 Å². The average Bonchev–Trinajstić information content (AvgIpc) is 2.21. The number of rotatable bonds is 3. The van der Waals surface area contributed by atoms with Gasteiger partial charge >= 0.3 is 0 Å². The van der Waals surface area contributed by atoms with Crippen LogP contribution in [0.1, 0.15) is 25.7 Å². The van der Waals surface area contributed by atoms with Gasteiger partial charge in [0.25, 0.3) is 0 Å². The third-order valence-corrected chi connectivity index (χ3v) is 1.87. The quantitative estimate of drug-likeness (QED) is 0.417. The molecule has 0 rings (SSSR count). The Kier molecular flexibility index (Phi) is 10.8. The van der Waals surface area contributed by atoms with Gasteiger partial charge < -0.3 is 0 Å². The second kappa shape index (κ2) is 11.8. The number of hydrogen-bond acceptors (Lipinski definition) is 4. The highest BCUT2D eigenvalue weighted by Gasteiger charge is 1.82. The lowest BCUT2D eigenvalue weighted by atomic mass is 10.2. The summed E-state index contributed by atoms with van der Waals surface area (Å²) in [4.78, 5) is 0. The fourth-order valence-corrected chi connectivity index (χ4v) is 1.09. The minimum atomic E-state index is 0.807. The number of hydrogen-bond donors (Lipinski definition) is 0. The molecular weight excluding hydrogens is 212 g/mol. The Balaban J connectivity index is 3.26. The van der Waals surface area contributed by atoms with Gasteiger partial charge in [-0.05, 0) is 23.3 Å². The van der Waals surface area contributed by atoms with Gasteiger partial charge in [0.15, 0.2) is 0 Å². The zero-order chi connectivity index (χ0) is 10.5. The fraction of sp³-hybridized carbons (Fsp3) is 0.400. The van der Waals surface area contributed by atoms with Crippen molar-refractivity contribution in [3.8, 4) is 33.1 Å². The zero-order valence-corrected chi connectivity index (χ0v) is 9.17. The first-order chi connectivity index (χ1) is 6.91. The zero-order valence-electron chi connectivity index (χ0n) is 7.54. The molecule has 0 saturated carbocycles. The van der Waals surface area contributed by atoms with E-state index in [0.29, 0.717) is 0 Å². The van der Waals surface area contributed by atoms with Crippen molar-refractivity contribution in [3.05, 3.63) is 0 Å². The lowest BCUT2D eigenvalue weighted by Crippen LogP contribution is -1.72. The predicted molar refractivity (Wildman–Crippen MR) is 60.4 cm³/mol. The van der Waals surface area contributed by atoms with Crippen molar-refractivity contribution in [1.29, 1.82) is 10.5 Å². The first-order valence-corrected chi connectivity index (χ1v) is 5.60. The van der Waals surface area contributed by atoms with E-state index in [4.69, 9.17) is 10.5 Å². The van der Waals surface area contributed by atoms with Gasteiger partial charge in [0, 0.05) is 36.4 Å². The molecule has 0 aliphatic carbocycles. The van der Waals surface area contributed by atoms with Crippen LogP contribution in [0.3, 0.4) is 0 Å². The van der Waals surface area contributed by atoms with E-state index in [1.165, 1.54) is 0 Å². The van der Waals surface area contributed by atoms with Crippen LogP contribution in [0, 0.1) is 43.7 Å². The van der Waals surface area contributed by atoms with E-state index < -0.39 is 0 Å². The number of thioether (sulfide) groups is 2. The van der Waals surface area contributed by atoms with Gasteiger partial charge in [-0.1, -0.05) is 11.8 Å². The lowest BCUT2D eigenvalue weighted by Gasteiger charge is -1.87. The normalized spacial score (nSPS) is 7.00. The van der Waals surface area contributed by atoms with E-state index in [9.17, 15) is 0 Å². The van der Waals surface area contributed by atoms with Crippen molar-refractivity contribution >= 4 is 23.5 Å². The predicted octanol–water partition coefficient (Wildman–Crippen LogP) is 2.90. The van der Waals surface area contributed by atoms with Gasteiger partial charge in [-0.25, -0.2) is 0 Å². The van der Waals surface area contributed by atoms with E-state index in [0.717, 1.165) is 49.2 Å². The molecule has 0 heterocycles. The number of nitriles is 2. The number of thiocyanates is 2. The van der Waals surface area contributed by atoms with Crippen LogP contribution in [-0.4, -0.2) is 0 Å². The molecule has 0 aromatic carbocycles. The maximum atomic E-state index is 8.15. The highest BCUT2D eigenvalue weighted by molar-refractivity contribution is 8.08. The molecule has 4 heteroatoms. The van der Waals surface area contributed by atoms with Gasteiger partial charge in [0.1, 0.15) is 10.8 Å². The summed E-state index contributed by atoms with van der Waals surface area (Å²) in [6, 6.07) is 0. The summed E-state index contributed by atoms with van der Waals surface area (Å²) in [5, 5.41) is 25.4. The molecule has 0 aromatic rings. The van der Waals surface area contributed by atoms with Gasteiger partial charge in [-0.3, -0.25) is 0 Å². The Morgan fingerprint density at radius 1 is 0.786 bits per heavy atom. The average molecular weight is 220 g/mol. The molecule has 0 aliphatic heterocycles. The molecule has 0 aromatic heterocycles. The molecule has 0 atom stereocenters. The maximum absolute atomic E-state index is 8.15. The summed E-state index contributed by atoms with van der Waals surface area (Å²) in [5.74, 6) is 5.75. The van der Waals surface area contributed by atoms with Gasteiger partial charge in [0.05, 0.1) is 0 Å². The molecule has 0 bridgehead atoms. The summed E-state index contributed by atoms with van der Waals surface area (Å²) in [6.07, 6.45) is 3.60. The van der Waals surface area contributed by atoms with Crippen molar-refractivity contribution in [2.45, 2.75) is 25.7 Å². The SMILES string of the molecule is N#CSC#CCCCCC#CSC#N. The first kappa shape index (κ1) is 12.8.